The van der Waals surface area contributed by atoms with Crippen LogP contribution >= 0.6 is 0 Å². The first-order chi connectivity index (χ1) is 8.48. The van der Waals surface area contributed by atoms with Crippen LogP contribution in [-0.4, -0.2) is 55.5 Å². The Hall–Kier alpha value is -0.820. The van der Waals surface area contributed by atoms with E-state index in [9.17, 15) is 8.42 Å². The molecule has 18 heavy (non-hydrogen) atoms. The first-order valence-electron chi connectivity index (χ1n) is 6.38. The number of oxime groups is 1. The number of nitrogens with two attached hydrogens (primary N) is 1. The molecule has 0 saturated carbocycles. The van der Waals surface area contributed by atoms with Crippen LogP contribution in [-0.2, 0) is 9.84 Å². The summed E-state index contributed by atoms with van der Waals surface area (Å²) in [6.07, 6.45) is 2.32. The van der Waals surface area contributed by atoms with E-state index in [0.717, 1.165) is 25.9 Å². The second kappa shape index (κ2) is 6.94. The molecule has 1 heterocycles. The Balaban J connectivity index is 2.32. The van der Waals surface area contributed by atoms with Gasteiger partial charge in [0, 0.05) is 18.2 Å². The third-order valence-corrected chi connectivity index (χ3v) is 5.19. The number of piperidine rings is 1. The molecule has 7 heteroatoms. The van der Waals surface area contributed by atoms with Gasteiger partial charge in [0.25, 0.3) is 0 Å². The summed E-state index contributed by atoms with van der Waals surface area (Å²) in [5, 5.41) is 11.6. The zero-order chi connectivity index (χ0) is 13.6. The van der Waals surface area contributed by atoms with Crippen molar-refractivity contribution in [3.63, 3.8) is 0 Å². The summed E-state index contributed by atoms with van der Waals surface area (Å²) in [5.41, 5.74) is 5.56. The van der Waals surface area contributed by atoms with Crippen molar-refractivity contribution in [1.82, 2.24) is 4.90 Å². The monoisotopic (exact) mass is 277 g/mol. The van der Waals surface area contributed by atoms with Crippen molar-refractivity contribution in [1.29, 1.82) is 0 Å². The average molecular weight is 277 g/mol. The number of nitrogens with zero attached hydrogens (tertiary/aromatic N) is 2. The van der Waals surface area contributed by atoms with Crippen molar-refractivity contribution in [2.45, 2.75) is 26.2 Å². The Morgan fingerprint density at radius 3 is 2.50 bits per heavy atom. The van der Waals surface area contributed by atoms with Crippen LogP contribution in [0.1, 0.15) is 26.2 Å². The largest absolute Gasteiger partial charge is 0.409 e. The van der Waals surface area contributed by atoms with Crippen LogP contribution in [0.15, 0.2) is 5.16 Å². The molecule has 0 radical (unpaired) electrons. The van der Waals surface area contributed by atoms with Gasteiger partial charge in [0.2, 0.25) is 0 Å². The fourth-order valence-electron chi connectivity index (χ4n) is 2.22. The van der Waals surface area contributed by atoms with Crippen LogP contribution in [0.4, 0.5) is 0 Å². The third kappa shape index (κ3) is 4.81. The van der Waals surface area contributed by atoms with Crippen molar-refractivity contribution in [2.24, 2.45) is 16.8 Å². The lowest BCUT2D eigenvalue weighted by atomic mass is 9.96. The first kappa shape index (κ1) is 15.2. The highest BCUT2D eigenvalue weighted by Gasteiger charge is 2.23. The molecule has 1 aliphatic heterocycles. The lowest BCUT2D eigenvalue weighted by Gasteiger charge is -2.31. The molecule has 0 aliphatic carbocycles. The van der Waals surface area contributed by atoms with Crippen LogP contribution < -0.4 is 5.73 Å². The lowest BCUT2D eigenvalue weighted by molar-refractivity contribution is 0.216. The molecule has 1 rings (SSSR count). The molecule has 0 bridgehead atoms. The summed E-state index contributed by atoms with van der Waals surface area (Å²) in [4.78, 5) is 2.13. The molecule has 3 N–H and O–H groups in total. The maximum Gasteiger partial charge on any atom is 0.151 e. The predicted molar refractivity (Wildman–Crippen MR) is 71.5 cm³/mol. The van der Waals surface area contributed by atoms with E-state index in [2.05, 4.69) is 10.1 Å². The predicted octanol–water partition coefficient (Wildman–Crippen LogP) is 0.270. The highest BCUT2D eigenvalue weighted by atomic mass is 32.2. The number of likely N-dealkylation sites (tertiary alicyclic amines) is 1. The molecule has 1 fully saturated rings. The number of amidine groups is 1. The van der Waals surface area contributed by atoms with Gasteiger partial charge in [-0.3, -0.25) is 0 Å². The zero-order valence-corrected chi connectivity index (χ0v) is 11.7. The normalized spacial score (nSPS) is 20.2. The summed E-state index contributed by atoms with van der Waals surface area (Å²) >= 11 is 0. The molecule has 6 nitrogen and oxygen atoms in total. The topological polar surface area (TPSA) is 96.0 Å². The molecule has 0 aromatic rings. The Morgan fingerprint density at radius 2 is 2.00 bits per heavy atom. The second-order valence-corrected chi connectivity index (χ2v) is 7.10. The number of hydrogen-bond donors (Lipinski definition) is 2. The summed E-state index contributed by atoms with van der Waals surface area (Å²) in [5.74, 6) is 0.912. The molecule has 1 saturated heterocycles. The Bertz CT molecular complexity index is 373. The first-order valence-corrected chi connectivity index (χ1v) is 8.21. The molecule has 106 valence electrons. The fraction of sp³-hybridized carbons (Fsp3) is 0.909. The fourth-order valence-corrected chi connectivity index (χ4v) is 3.58. The minimum atomic E-state index is -2.90. The van der Waals surface area contributed by atoms with E-state index >= 15 is 0 Å². The molecule has 0 aromatic heterocycles. The van der Waals surface area contributed by atoms with Gasteiger partial charge in [0.15, 0.2) is 9.84 Å². The quantitative estimate of drug-likeness (QED) is 0.314. The Kier molecular flexibility index (Phi) is 5.87. The molecular formula is C11H23N3O3S. The van der Waals surface area contributed by atoms with Gasteiger partial charge in [0.1, 0.15) is 5.84 Å². The van der Waals surface area contributed by atoms with Crippen LogP contribution in [0.25, 0.3) is 0 Å². The van der Waals surface area contributed by atoms with Crippen molar-refractivity contribution in [3.05, 3.63) is 0 Å². The maximum absolute atomic E-state index is 11.6. The SMILES string of the molecule is CCCS(=O)(=O)CCN1CCC(C(N)=NO)CC1. The number of hydrogen-bond acceptors (Lipinski definition) is 5. The molecule has 0 spiro atoms. The van der Waals surface area contributed by atoms with Crippen LogP contribution in [0.5, 0.6) is 0 Å². The van der Waals surface area contributed by atoms with Crippen molar-refractivity contribution in [3.8, 4) is 0 Å². The van der Waals surface area contributed by atoms with Gasteiger partial charge in [-0.25, -0.2) is 8.42 Å². The summed E-state index contributed by atoms with van der Waals surface area (Å²) < 4.78 is 23.2. The van der Waals surface area contributed by atoms with Gasteiger partial charge in [-0.2, -0.15) is 0 Å². The second-order valence-electron chi connectivity index (χ2n) is 4.79. The molecule has 0 amide bonds. The lowest BCUT2D eigenvalue weighted by Crippen LogP contribution is -2.40. The summed E-state index contributed by atoms with van der Waals surface area (Å²) in [6, 6.07) is 0. The smallest absolute Gasteiger partial charge is 0.151 e. The molecule has 0 atom stereocenters. The van der Waals surface area contributed by atoms with Gasteiger partial charge in [-0.15, -0.1) is 0 Å². The molecule has 0 unspecified atom stereocenters. The standard InChI is InChI=1S/C11H23N3O3S/c1-2-8-18(16,17)9-7-14-5-3-10(4-6-14)11(12)13-15/h10,15H,2-9H2,1H3,(H2,12,13). The minimum absolute atomic E-state index is 0.124. The van der Waals surface area contributed by atoms with Gasteiger partial charge in [-0.05, 0) is 32.4 Å². The average Bonchev–Trinajstić information content (AvgIpc) is 2.36. The Labute approximate surface area is 109 Å². The molecule has 0 aromatic carbocycles. The van der Waals surface area contributed by atoms with Crippen molar-refractivity contribution >= 4 is 15.7 Å². The Morgan fingerprint density at radius 1 is 1.39 bits per heavy atom. The highest BCUT2D eigenvalue weighted by Crippen LogP contribution is 2.17. The summed E-state index contributed by atoms with van der Waals surface area (Å²) in [7, 11) is -2.90. The van der Waals surface area contributed by atoms with E-state index in [1.807, 2.05) is 6.92 Å². The van der Waals surface area contributed by atoms with Gasteiger partial charge < -0.3 is 15.8 Å². The highest BCUT2D eigenvalue weighted by molar-refractivity contribution is 7.91. The third-order valence-electron chi connectivity index (χ3n) is 3.35. The van der Waals surface area contributed by atoms with E-state index in [4.69, 9.17) is 10.9 Å². The van der Waals surface area contributed by atoms with Crippen LogP contribution in [0, 0.1) is 5.92 Å². The van der Waals surface area contributed by atoms with Gasteiger partial charge >= 0.3 is 0 Å². The van der Waals surface area contributed by atoms with E-state index in [-0.39, 0.29) is 23.3 Å². The van der Waals surface area contributed by atoms with Gasteiger partial charge in [-0.1, -0.05) is 12.1 Å². The zero-order valence-electron chi connectivity index (χ0n) is 10.9. The van der Waals surface area contributed by atoms with Crippen molar-refractivity contribution < 1.29 is 13.6 Å². The van der Waals surface area contributed by atoms with E-state index in [1.54, 1.807) is 0 Å². The minimum Gasteiger partial charge on any atom is -0.409 e. The maximum atomic E-state index is 11.6. The molecular weight excluding hydrogens is 254 g/mol. The van der Waals surface area contributed by atoms with Crippen LogP contribution in [0.2, 0.25) is 0 Å². The summed E-state index contributed by atoms with van der Waals surface area (Å²) in [6.45, 7) is 4.08. The number of sulfone groups is 1. The van der Waals surface area contributed by atoms with E-state index in [1.165, 1.54) is 0 Å². The van der Waals surface area contributed by atoms with Crippen LogP contribution in [0.3, 0.4) is 0 Å². The van der Waals surface area contributed by atoms with E-state index < -0.39 is 9.84 Å². The van der Waals surface area contributed by atoms with Crippen molar-refractivity contribution in [2.75, 3.05) is 31.1 Å². The number of rotatable bonds is 6. The molecule has 1 aliphatic rings. The van der Waals surface area contributed by atoms with E-state index in [0.29, 0.717) is 13.0 Å². The van der Waals surface area contributed by atoms with Gasteiger partial charge in [0.05, 0.1) is 5.75 Å².